The third-order valence-corrected chi connectivity index (χ3v) is 15.2. The topological polar surface area (TPSA) is 16.3 Å². The van der Waals surface area contributed by atoms with Crippen molar-refractivity contribution in [3.63, 3.8) is 0 Å². The molecule has 4 nitrogen and oxygen atoms in total. The third kappa shape index (κ3) is 8.05. The SMILES string of the molecule is C1=CCCC(n2c3ccccc3c3cc(N(c4ccc(-c5ccccc5)cc4)c4ccc(-c5ccc(N(c6ccc(-c7ccccc7)cc6)c6ccc7c(c6)c6ccccc6n7-c6ccccc6)cc5)cc4)ccc32)=C1. The van der Waals surface area contributed by atoms with E-state index in [0.717, 1.165) is 63.8 Å². The maximum Gasteiger partial charge on any atom is 0.0542 e. The summed E-state index contributed by atoms with van der Waals surface area (Å²) in [5, 5.41) is 4.93. The Morgan fingerprint density at radius 3 is 1.04 bits per heavy atom. The molecule has 1 aliphatic carbocycles. The lowest BCUT2D eigenvalue weighted by Gasteiger charge is -2.27. The first-order valence-electron chi connectivity index (χ1n) is 26.3. The van der Waals surface area contributed by atoms with Gasteiger partial charge in [0.2, 0.25) is 0 Å². The van der Waals surface area contributed by atoms with Crippen molar-refractivity contribution in [3.8, 4) is 39.1 Å². The van der Waals surface area contributed by atoms with Crippen molar-refractivity contribution in [1.29, 1.82) is 0 Å². The average Bonchev–Trinajstić information content (AvgIpc) is 4.02. The molecule has 0 spiro atoms. The van der Waals surface area contributed by atoms with Gasteiger partial charge in [-0.25, -0.2) is 0 Å². The van der Waals surface area contributed by atoms with E-state index in [-0.39, 0.29) is 0 Å². The Bertz CT molecular complexity index is 4280. The summed E-state index contributed by atoms with van der Waals surface area (Å²) in [5.41, 5.74) is 20.9. The molecule has 0 saturated heterocycles. The average molecular weight is 973 g/mol. The van der Waals surface area contributed by atoms with Gasteiger partial charge in [0.1, 0.15) is 0 Å². The minimum Gasteiger partial charge on any atom is -0.313 e. The molecule has 76 heavy (non-hydrogen) atoms. The number of fused-ring (bicyclic) bond motifs is 6. The van der Waals surface area contributed by atoms with Gasteiger partial charge in [-0.15, -0.1) is 0 Å². The van der Waals surface area contributed by atoms with Crippen molar-refractivity contribution in [1.82, 2.24) is 9.13 Å². The molecule has 2 aromatic heterocycles. The molecular weight excluding hydrogens is 921 g/mol. The molecule has 0 amide bonds. The summed E-state index contributed by atoms with van der Waals surface area (Å²) in [6.07, 6.45) is 8.79. The van der Waals surface area contributed by atoms with Gasteiger partial charge in [-0.1, -0.05) is 176 Å². The smallest absolute Gasteiger partial charge is 0.0542 e. The highest BCUT2D eigenvalue weighted by molar-refractivity contribution is 6.12. The number of aromatic nitrogens is 2. The van der Waals surface area contributed by atoms with E-state index in [1.54, 1.807) is 0 Å². The highest BCUT2D eigenvalue weighted by Crippen LogP contribution is 2.44. The molecule has 0 N–H and O–H groups in total. The van der Waals surface area contributed by atoms with E-state index in [4.69, 9.17) is 0 Å². The fourth-order valence-electron chi connectivity index (χ4n) is 11.5. The predicted octanol–water partition coefficient (Wildman–Crippen LogP) is 20.0. The molecule has 360 valence electrons. The number of nitrogens with zero attached hydrogens (tertiary/aromatic N) is 4. The van der Waals surface area contributed by atoms with E-state index in [1.807, 2.05) is 0 Å². The van der Waals surface area contributed by atoms with Crippen molar-refractivity contribution in [3.05, 3.63) is 291 Å². The highest BCUT2D eigenvalue weighted by atomic mass is 15.1. The number of hydrogen-bond acceptors (Lipinski definition) is 2. The van der Waals surface area contributed by atoms with Gasteiger partial charge in [0.25, 0.3) is 0 Å². The quantitative estimate of drug-likeness (QED) is 0.128. The fraction of sp³-hybridized carbons (Fsp3) is 0.0278. The van der Waals surface area contributed by atoms with Crippen molar-refractivity contribution >= 4 is 83.4 Å². The number of benzene rings is 11. The summed E-state index contributed by atoms with van der Waals surface area (Å²) in [6, 6.07) is 99.4. The molecule has 13 aromatic rings. The van der Waals surface area contributed by atoms with E-state index in [9.17, 15) is 0 Å². The molecule has 1 aliphatic rings. The van der Waals surface area contributed by atoms with E-state index < -0.39 is 0 Å². The van der Waals surface area contributed by atoms with Crippen LogP contribution in [0.15, 0.2) is 291 Å². The second kappa shape index (κ2) is 19.2. The minimum atomic E-state index is 1.01. The maximum absolute atomic E-state index is 2.46. The molecule has 2 heterocycles. The standard InChI is InChI=1S/C72H52N4/c1-5-17-51(18-6-1)53-29-37-59(38-30-53)73(63-45-47-71-67(49-63)65-25-13-15-27-69(65)75(71)57-21-9-3-10-22-57)61-41-33-55(34-42-61)56-35-43-62(44-36-56)74(60-39-31-54(32-40-60)52-19-7-2-8-20-52)64-46-48-72-68(50-64)66-26-14-16-28-70(66)76(72)58-23-11-4-12-24-58/h1-11,13-23,25-50H,12,24H2. The van der Waals surface area contributed by atoms with E-state index in [0.29, 0.717) is 0 Å². The molecule has 0 bridgehead atoms. The lowest BCUT2D eigenvalue weighted by atomic mass is 10.0. The Balaban J connectivity index is 0.840. The van der Waals surface area contributed by atoms with Gasteiger partial charge in [-0.2, -0.15) is 0 Å². The first kappa shape index (κ1) is 44.8. The van der Waals surface area contributed by atoms with Crippen molar-refractivity contribution < 1.29 is 0 Å². The van der Waals surface area contributed by atoms with Crippen LogP contribution < -0.4 is 9.80 Å². The summed E-state index contributed by atoms with van der Waals surface area (Å²) in [5.74, 6) is 0. The number of para-hydroxylation sites is 3. The molecule has 0 unspecified atom stereocenters. The number of rotatable bonds is 11. The molecule has 0 fully saturated rings. The lowest BCUT2D eigenvalue weighted by Crippen LogP contribution is -2.10. The number of hydrogen-bond donors (Lipinski definition) is 0. The van der Waals surface area contributed by atoms with Crippen LogP contribution in [0.3, 0.4) is 0 Å². The van der Waals surface area contributed by atoms with E-state index >= 15 is 0 Å². The highest BCUT2D eigenvalue weighted by Gasteiger charge is 2.21. The van der Waals surface area contributed by atoms with Crippen LogP contribution in [0.25, 0.3) is 88.4 Å². The second-order valence-corrected chi connectivity index (χ2v) is 19.7. The van der Waals surface area contributed by atoms with E-state index in [2.05, 4.69) is 310 Å². The number of anilines is 6. The van der Waals surface area contributed by atoms with Crippen LogP contribution in [0.1, 0.15) is 12.8 Å². The summed E-state index contributed by atoms with van der Waals surface area (Å²) in [7, 11) is 0. The molecule has 4 heteroatoms. The molecule has 11 aromatic carbocycles. The summed E-state index contributed by atoms with van der Waals surface area (Å²) in [6.45, 7) is 0. The van der Waals surface area contributed by atoms with Crippen molar-refractivity contribution in [2.75, 3.05) is 9.80 Å². The van der Waals surface area contributed by atoms with Gasteiger partial charge in [-0.3, -0.25) is 0 Å². The molecule has 14 rings (SSSR count). The predicted molar refractivity (Wildman–Crippen MR) is 322 cm³/mol. The zero-order valence-corrected chi connectivity index (χ0v) is 41.9. The Morgan fingerprint density at radius 1 is 0.276 bits per heavy atom. The summed E-state index contributed by atoms with van der Waals surface area (Å²) < 4.78 is 4.84. The van der Waals surface area contributed by atoms with Gasteiger partial charge in [0.15, 0.2) is 0 Å². The Kier molecular flexibility index (Phi) is 11.3. The van der Waals surface area contributed by atoms with Crippen molar-refractivity contribution in [2.45, 2.75) is 12.8 Å². The van der Waals surface area contributed by atoms with Crippen LogP contribution in [0, 0.1) is 0 Å². The Morgan fingerprint density at radius 2 is 0.618 bits per heavy atom. The molecule has 0 atom stereocenters. The zero-order valence-electron chi connectivity index (χ0n) is 41.9. The summed E-state index contributed by atoms with van der Waals surface area (Å²) >= 11 is 0. The second-order valence-electron chi connectivity index (χ2n) is 19.7. The Hall–Kier alpha value is -9.90. The zero-order chi connectivity index (χ0) is 50.4. The largest absolute Gasteiger partial charge is 0.313 e. The Labute approximate surface area is 443 Å². The molecule has 0 aliphatic heterocycles. The van der Waals surface area contributed by atoms with Gasteiger partial charge >= 0.3 is 0 Å². The normalized spacial score (nSPS) is 12.4. The molecular formula is C72H52N4. The van der Waals surface area contributed by atoms with Crippen LogP contribution in [0.5, 0.6) is 0 Å². The first-order valence-corrected chi connectivity index (χ1v) is 26.3. The minimum absolute atomic E-state index is 1.01. The van der Waals surface area contributed by atoms with Crippen LogP contribution in [0.4, 0.5) is 34.1 Å². The van der Waals surface area contributed by atoms with Gasteiger partial charge < -0.3 is 18.9 Å². The van der Waals surface area contributed by atoms with Crippen molar-refractivity contribution in [2.24, 2.45) is 0 Å². The van der Waals surface area contributed by atoms with Gasteiger partial charge in [0, 0.05) is 67.1 Å². The first-order chi connectivity index (χ1) is 37.7. The van der Waals surface area contributed by atoms with Gasteiger partial charge in [0.05, 0.1) is 22.1 Å². The fourth-order valence-corrected chi connectivity index (χ4v) is 11.5. The maximum atomic E-state index is 2.46. The van der Waals surface area contributed by atoms with Crippen LogP contribution in [-0.4, -0.2) is 9.13 Å². The number of allylic oxidation sites excluding steroid dienone is 4. The lowest BCUT2D eigenvalue weighted by molar-refractivity contribution is 0.979. The van der Waals surface area contributed by atoms with Crippen LogP contribution in [-0.2, 0) is 0 Å². The van der Waals surface area contributed by atoms with Gasteiger partial charge in [-0.05, 0) is 161 Å². The monoisotopic (exact) mass is 972 g/mol. The molecule has 0 saturated carbocycles. The molecule has 0 radical (unpaired) electrons. The van der Waals surface area contributed by atoms with Crippen LogP contribution in [0.2, 0.25) is 0 Å². The third-order valence-electron chi connectivity index (χ3n) is 15.2. The summed E-state index contributed by atoms with van der Waals surface area (Å²) in [4.78, 5) is 4.78. The van der Waals surface area contributed by atoms with E-state index in [1.165, 1.54) is 71.6 Å². The van der Waals surface area contributed by atoms with Crippen LogP contribution >= 0.6 is 0 Å².